The van der Waals surface area contributed by atoms with Crippen LogP contribution in [0, 0.1) is 5.41 Å². The van der Waals surface area contributed by atoms with E-state index in [0.717, 1.165) is 0 Å². The molecule has 0 aromatic rings. The fourth-order valence-electron chi connectivity index (χ4n) is 0.919. The lowest BCUT2D eigenvalue weighted by molar-refractivity contribution is -0.118. The third-order valence-electron chi connectivity index (χ3n) is 1.65. The Bertz CT molecular complexity index is 191. The Morgan fingerprint density at radius 3 is 2.45 bits per heavy atom. The summed E-state index contributed by atoms with van der Waals surface area (Å²) in [7, 11) is 0. The van der Waals surface area contributed by atoms with E-state index in [1.807, 2.05) is 0 Å². The van der Waals surface area contributed by atoms with Gasteiger partial charge in [-0.05, 0) is 0 Å². The largest absolute Gasteiger partial charge is 0.371 e. The van der Waals surface area contributed by atoms with Crippen LogP contribution in [0.2, 0.25) is 0 Å². The minimum atomic E-state index is -0.0244. The van der Waals surface area contributed by atoms with Crippen LogP contribution in [0.3, 0.4) is 0 Å². The van der Waals surface area contributed by atoms with E-state index < -0.39 is 0 Å². The van der Waals surface area contributed by atoms with Crippen LogP contribution in [0.5, 0.6) is 0 Å². The number of amides is 1. The molecule has 0 saturated heterocycles. The summed E-state index contributed by atoms with van der Waals surface area (Å²) in [6, 6.07) is 0. The first-order chi connectivity index (χ1) is 5.00. The Morgan fingerprint density at radius 1 is 1.45 bits per heavy atom. The van der Waals surface area contributed by atoms with Crippen LogP contribution in [-0.4, -0.2) is 12.1 Å². The van der Waals surface area contributed by atoms with Gasteiger partial charge in [0.05, 0.1) is 0 Å². The van der Waals surface area contributed by atoms with Crippen LogP contribution in [0.15, 0.2) is 12.3 Å². The molecule has 0 radical (unpaired) electrons. The second-order valence-electron chi connectivity index (χ2n) is 3.81. The van der Waals surface area contributed by atoms with Crippen LogP contribution in [0.1, 0.15) is 20.8 Å². The van der Waals surface area contributed by atoms with Gasteiger partial charge in [0.1, 0.15) is 6.17 Å². The minimum absolute atomic E-state index is 0.0244. The standard InChI is InChI=1S/C8H14N2O/c1-8(2,3)7-9-5-4-6(11)10-7/h4-5,7,9H,1-3H3,(H,10,11). The molecule has 11 heavy (non-hydrogen) atoms. The first-order valence-electron chi connectivity index (χ1n) is 3.73. The van der Waals surface area contributed by atoms with Crippen LogP contribution < -0.4 is 10.6 Å². The predicted molar refractivity (Wildman–Crippen MR) is 43.7 cm³/mol. The number of carbonyl (C=O) groups is 1. The van der Waals surface area contributed by atoms with Gasteiger partial charge >= 0.3 is 0 Å². The highest BCUT2D eigenvalue weighted by Gasteiger charge is 2.26. The average molecular weight is 154 g/mol. The highest BCUT2D eigenvalue weighted by Crippen LogP contribution is 2.17. The molecule has 1 amide bonds. The van der Waals surface area contributed by atoms with Crippen LogP contribution in [0.4, 0.5) is 0 Å². The minimum Gasteiger partial charge on any atom is -0.371 e. The van der Waals surface area contributed by atoms with Crippen molar-refractivity contribution >= 4 is 5.91 Å². The number of carbonyl (C=O) groups excluding carboxylic acids is 1. The molecule has 3 nitrogen and oxygen atoms in total. The fraction of sp³-hybridized carbons (Fsp3) is 0.625. The lowest BCUT2D eigenvalue weighted by Gasteiger charge is -2.33. The maximum absolute atomic E-state index is 10.9. The molecule has 1 heterocycles. The molecule has 0 fully saturated rings. The van der Waals surface area contributed by atoms with Gasteiger partial charge < -0.3 is 10.6 Å². The van der Waals surface area contributed by atoms with Crippen LogP contribution >= 0.6 is 0 Å². The van der Waals surface area contributed by atoms with Crippen LogP contribution in [0.25, 0.3) is 0 Å². The monoisotopic (exact) mass is 154 g/mol. The Morgan fingerprint density at radius 2 is 2.09 bits per heavy atom. The molecule has 1 atom stereocenters. The molecule has 1 rings (SSSR count). The summed E-state index contributed by atoms with van der Waals surface area (Å²) in [5, 5.41) is 5.90. The molecular formula is C8H14N2O. The quantitative estimate of drug-likeness (QED) is 0.536. The first-order valence-corrected chi connectivity index (χ1v) is 3.73. The predicted octanol–water partition coefficient (Wildman–Crippen LogP) is 0.592. The topological polar surface area (TPSA) is 41.1 Å². The Balaban J connectivity index is 2.64. The van der Waals surface area contributed by atoms with E-state index in [1.54, 1.807) is 6.20 Å². The van der Waals surface area contributed by atoms with E-state index in [1.165, 1.54) is 6.08 Å². The molecule has 2 N–H and O–H groups in total. The summed E-state index contributed by atoms with van der Waals surface area (Å²) in [5.41, 5.74) is 0.0560. The molecule has 3 heteroatoms. The average Bonchev–Trinajstić information content (AvgIpc) is 1.86. The smallest absolute Gasteiger partial charge is 0.247 e. The van der Waals surface area contributed by atoms with E-state index in [0.29, 0.717) is 0 Å². The van der Waals surface area contributed by atoms with Crippen LogP contribution in [-0.2, 0) is 4.79 Å². The van der Waals surface area contributed by atoms with Crippen molar-refractivity contribution < 1.29 is 4.79 Å². The SMILES string of the molecule is CC(C)(C)C1NC=CC(=O)N1. The normalized spacial score (nSPS) is 24.3. The molecule has 1 unspecified atom stereocenters. The van der Waals surface area contributed by atoms with Gasteiger partial charge in [0.25, 0.3) is 0 Å². The highest BCUT2D eigenvalue weighted by molar-refractivity contribution is 5.88. The summed E-state index contributed by atoms with van der Waals surface area (Å²) >= 11 is 0. The number of nitrogens with one attached hydrogen (secondary N) is 2. The van der Waals surface area contributed by atoms with Gasteiger partial charge in [-0.25, -0.2) is 0 Å². The molecule has 1 aliphatic rings. The van der Waals surface area contributed by atoms with Gasteiger partial charge in [0, 0.05) is 17.7 Å². The Hall–Kier alpha value is -0.990. The maximum Gasteiger partial charge on any atom is 0.247 e. The maximum atomic E-state index is 10.9. The lowest BCUT2D eigenvalue weighted by Crippen LogP contribution is -2.53. The molecule has 0 aromatic carbocycles. The van der Waals surface area contributed by atoms with E-state index in [4.69, 9.17) is 0 Å². The lowest BCUT2D eigenvalue weighted by atomic mass is 9.92. The van der Waals surface area contributed by atoms with Gasteiger partial charge in [0.2, 0.25) is 5.91 Å². The van der Waals surface area contributed by atoms with Crippen molar-refractivity contribution in [2.24, 2.45) is 5.41 Å². The molecule has 1 aliphatic heterocycles. The number of hydrogen-bond acceptors (Lipinski definition) is 2. The summed E-state index contributed by atoms with van der Waals surface area (Å²) in [5.74, 6) is -0.0244. The third kappa shape index (κ3) is 1.97. The fourth-order valence-corrected chi connectivity index (χ4v) is 0.919. The summed E-state index contributed by atoms with van der Waals surface area (Å²) in [6.45, 7) is 6.22. The van der Waals surface area contributed by atoms with E-state index >= 15 is 0 Å². The first kappa shape index (κ1) is 8.11. The Kier molecular flexibility index (Phi) is 1.89. The molecule has 0 aromatic heterocycles. The molecule has 0 spiro atoms. The number of rotatable bonds is 0. The molecule has 0 bridgehead atoms. The molecule has 0 saturated carbocycles. The van der Waals surface area contributed by atoms with Crippen molar-refractivity contribution in [3.05, 3.63) is 12.3 Å². The van der Waals surface area contributed by atoms with Crippen molar-refractivity contribution in [3.8, 4) is 0 Å². The van der Waals surface area contributed by atoms with Crippen molar-refractivity contribution in [3.63, 3.8) is 0 Å². The van der Waals surface area contributed by atoms with Gasteiger partial charge in [0.15, 0.2) is 0 Å². The van der Waals surface area contributed by atoms with Crippen molar-refractivity contribution in [1.82, 2.24) is 10.6 Å². The summed E-state index contributed by atoms with van der Waals surface area (Å²) < 4.78 is 0. The Labute approximate surface area is 66.9 Å². The van der Waals surface area contributed by atoms with Gasteiger partial charge in [-0.15, -0.1) is 0 Å². The zero-order valence-electron chi connectivity index (χ0n) is 7.14. The summed E-state index contributed by atoms with van der Waals surface area (Å²) in [4.78, 5) is 10.9. The molecule has 62 valence electrons. The zero-order valence-corrected chi connectivity index (χ0v) is 7.14. The van der Waals surface area contributed by atoms with E-state index in [2.05, 4.69) is 31.4 Å². The third-order valence-corrected chi connectivity index (χ3v) is 1.65. The molecule has 0 aliphatic carbocycles. The van der Waals surface area contributed by atoms with Gasteiger partial charge in [-0.3, -0.25) is 4.79 Å². The second kappa shape index (κ2) is 2.57. The van der Waals surface area contributed by atoms with E-state index in [9.17, 15) is 4.79 Å². The number of hydrogen-bond donors (Lipinski definition) is 2. The summed E-state index contributed by atoms with van der Waals surface area (Å²) in [6.07, 6.45) is 3.22. The van der Waals surface area contributed by atoms with Crippen molar-refractivity contribution in [2.45, 2.75) is 26.9 Å². The van der Waals surface area contributed by atoms with E-state index in [-0.39, 0.29) is 17.5 Å². The van der Waals surface area contributed by atoms with Crippen molar-refractivity contribution in [2.75, 3.05) is 0 Å². The molecular weight excluding hydrogens is 140 g/mol. The van der Waals surface area contributed by atoms with Gasteiger partial charge in [-0.2, -0.15) is 0 Å². The second-order valence-corrected chi connectivity index (χ2v) is 3.81. The zero-order chi connectivity index (χ0) is 8.48. The van der Waals surface area contributed by atoms with Gasteiger partial charge in [-0.1, -0.05) is 20.8 Å². The highest BCUT2D eigenvalue weighted by atomic mass is 16.1. The van der Waals surface area contributed by atoms with Crippen molar-refractivity contribution in [1.29, 1.82) is 0 Å².